The molecule has 1 atom stereocenters. The Morgan fingerprint density at radius 3 is 2.96 bits per heavy atom. The normalized spacial score (nSPS) is 21.2. The average molecular weight is 320 g/mol. The summed E-state index contributed by atoms with van der Waals surface area (Å²) in [4.78, 5) is 2.68. The fraction of sp³-hybridized carbons (Fsp3) is 0.455. The molecule has 2 nitrogen and oxygen atoms in total. The van der Waals surface area contributed by atoms with Gasteiger partial charge in [0.2, 0.25) is 0 Å². The molecule has 1 aromatic carbocycles. The quantitative estimate of drug-likeness (QED) is 0.792. The zero-order valence-electron chi connectivity index (χ0n) is 15.0. The third-order valence-corrected chi connectivity index (χ3v) is 5.75. The van der Waals surface area contributed by atoms with E-state index in [1.54, 1.807) is 11.3 Å². The minimum Gasteiger partial charge on any atom is -0.347 e. The molecule has 1 unspecified atom stereocenters. The van der Waals surface area contributed by atoms with Crippen LogP contribution in [0.5, 0.6) is 0 Å². The molecule has 1 aliphatic carbocycles. The number of hydrogen-bond acceptors (Lipinski definition) is 1. The summed E-state index contributed by atoms with van der Waals surface area (Å²) < 4.78 is 2.43. The number of allylic oxidation sites excluding steroid dienone is 4. The van der Waals surface area contributed by atoms with Gasteiger partial charge in [0.05, 0.1) is 0 Å². The minimum absolute atomic E-state index is 0.729. The molecule has 0 saturated carbocycles. The van der Waals surface area contributed by atoms with Crippen molar-refractivity contribution in [3.8, 4) is 0 Å². The van der Waals surface area contributed by atoms with Gasteiger partial charge < -0.3 is 4.57 Å². The van der Waals surface area contributed by atoms with E-state index in [2.05, 4.69) is 65.9 Å². The minimum atomic E-state index is 0.729. The molecule has 24 heavy (non-hydrogen) atoms. The van der Waals surface area contributed by atoms with Crippen molar-refractivity contribution in [2.45, 2.75) is 39.2 Å². The summed E-state index contributed by atoms with van der Waals surface area (Å²) in [5.74, 6) is 0.729. The first kappa shape index (κ1) is 15.7. The predicted octanol–water partition coefficient (Wildman–Crippen LogP) is 4.76. The summed E-state index contributed by atoms with van der Waals surface area (Å²) in [6.07, 6.45) is 14.0. The van der Waals surface area contributed by atoms with Crippen LogP contribution in [-0.4, -0.2) is 22.6 Å². The number of aryl methyl sites for hydroxylation is 2. The van der Waals surface area contributed by atoms with E-state index in [1.807, 2.05) is 0 Å². The molecule has 0 saturated heterocycles. The maximum Gasteiger partial charge on any atom is 0.0483 e. The van der Waals surface area contributed by atoms with E-state index in [1.165, 1.54) is 55.2 Å². The summed E-state index contributed by atoms with van der Waals surface area (Å²) in [6.45, 7) is 5.76. The first-order valence-electron chi connectivity index (χ1n) is 9.35. The highest BCUT2D eigenvalue weighted by molar-refractivity contribution is 5.86. The Labute approximate surface area is 145 Å². The molecule has 0 bridgehead atoms. The standard InChI is InChI=1S/C22H28N2/c1-17-10-11-22-19(15-17)20-16-24(13-6-9-21(20)23(22)2)14-12-18-7-4-3-5-8-18/h3-5,7,10-11,15,18H,6,8-9,12-14,16H2,1-2H3. The Morgan fingerprint density at radius 2 is 2.12 bits per heavy atom. The van der Waals surface area contributed by atoms with Gasteiger partial charge in [0.15, 0.2) is 0 Å². The first-order valence-corrected chi connectivity index (χ1v) is 9.35. The van der Waals surface area contributed by atoms with E-state index in [0.29, 0.717) is 0 Å². The highest BCUT2D eigenvalue weighted by Gasteiger charge is 2.21. The van der Waals surface area contributed by atoms with E-state index in [0.717, 1.165) is 12.5 Å². The molecule has 2 heteroatoms. The SMILES string of the molecule is Cc1ccc2c(c1)c1c(n2C)CCCN(CCC2C=CC=CC2)C1. The van der Waals surface area contributed by atoms with Crippen molar-refractivity contribution in [3.63, 3.8) is 0 Å². The fourth-order valence-electron chi connectivity index (χ4n) is 4.34. The van der Waals surface area contributed by atoms with Gasteiger partial charge in [0.1, 0.15) is 0 Å². The van der Waals surface area contributed by atoms with Crippen LogP contribution in [0.4, 0.5) is 0 Å². The van der Waals surface area contributed by atoms with Gasteiger partial charge in [-0.05, 0) is 69.3 Å². The van der Waals surface area contributed by atoms with E-state index < -0.39 is 0 Å². The molecular formula is C22H28N2. The molecule has 0 amide bonds. The van der Waals surface area contributed by atoms with Crippen molar-refractivity contribution in [2.24, 2.45) is 13.0 Å². The zero-order valence-corrected chi connectivity index (χ0v) is 15.0. The van der Waals surface area contributed by atoms with Gasteiger partial charge in [-0.15, -0.1) is 0 Å². The molecule has 0 N–H and O–H groups in total. The Hall–Kier alpha value is -1.80. The summed E-state index contributed by atoms with van der Waals surface area (Å²) in [6, 6.07) is 6.91. The molecule has 4 rings (SSSR count). The van der Waals surface area contributed by atoms with Crippen LogP contribution in [-0.2, 0) is 20.0 Å². The monoisotopic (exact) mass is 320 g/mol. The molecule has 1 aliphatic heterocycles. The lowest BCUT2D eigenvalue weighted by Gasteiger charge is -2.23. The van der Waals surface area contributed by atoms with E-state index in [4.69, 9.17) is 0 Å². The number of rotatable bonds is 3. The molecule has 0 fully saturated rings. The van der Waals surface area contributed by atoms with E-state index >= 15 is 0 Å². The smallest absolute Gasteiger partial charge is 0.0483 e. The van der Waals surface area contributed by atoms with Crippen molar-refractivity contribution in [1.29, 1.82) is 0 Å². The number of nitrogens with zero attached hydrogens (tertiary/aromatic N) is 2. The van der Waals surface area contributed by atoms with Gasteiger partial charge in [-0.3, -0.25) is 4.90 Å². The second-order valence-electron chi connectivity index (χ2n) is 7.48. The van der Waals surface area contributed by atoms with Crippen LogP contribution < -0.4 is 0 Å². The molecule has 126 valence electrons. The van der Waals surface area contributed by atoms with Gasteiger partial charge in [0, 0.05) is 30.2 Å². The largest absolute Gasteiger partial charge is 0.347 e. The van der Waals surface area contributed by atoms with Gasteiger partial charge in [-0.1, -0.05) is 35.9 Å². The summed E-state index contributed by atoms with van der Waals surface area (Å²) in [5.41, 5.74) is 5.89. The van der Waals surface area contributed by atoms with Gasteiger partial charge >= 0.3 is 0 Å². The Bertz CT molecular complexity index is 794. The van der Waals surface area contributed by atoms with Gasteiger partial charge in [0.25, 0.3) is 0 Å². The average Bonchev–Trinajstić information content (AvgIpc) is 2.76. The Morgan fingerprint density at radius 1 is 1.21 bits per heavy atom. The fourth-order valence-corrected chi connectivity index (χ4v) is 4.34. The van der Waals surface area contributed by atoms with Crippen LogP contribution in [0.2, 0.25) is 0 Å². The summed E-state index contributed by atoms with van der Waals surface area (Å²) >= 11 is 0. The second-order valence-corrected chi connectivity index (χ2v) is 7.48. The van der Waals surface area contributed by atoms with E-state index in [9.17, 15) is 0 Å². The predicted molar refractivity (Wildman–Crippen MR) is 102 cm³/mol. The van der Waals surface area contributed by atoms with Gasteiger partial charge in [-0.25, -0.2) is 0 Å². The number of hydrogen-bond donors (Lipinski definition) is 0. The summed E-state index contributed by atoms with van der Waals surface area (Å²) in [7, 11) is 2.24. The Balaban J connectivity index is 1.56. The number of benzene rings is 1. The highest BCUT2D eigenvalue weighted by Crippen LogP contribution is 2.31. The van der Waals surface area contributed by atoms with Crippen LogP contribution in [0.1, 0.15) is 36.1 Å². The zero-order chi connectivity index (χ0) is 16.5. The van der Waals surface area contributed by atoms with Crippen LogP contribution in [0.25, 0.3) is 10.9 Å². The van der Waals surface area contributed by atoms with E-state index in [-0.39, 0.29) is 0 Å². The lowest BCUT2D eigenvalue weighted by atomic mass is 9.97. The molecule has 2 heterocycles. The maximum atomic E-state index is 2.68. The highest BCUT2D eigenvalue weighted by atomic mass is 15.1. The van der Waals surface area contributed by atoms with Crippen molar-refractivity contribution in [1.82, 2.24) is 9.47 Å². The Kier molecular flexibility index (Phi) is 4.32. The van der Waals surface area contributed by atoms with Crippen LogP contribution in [0.15, 0.2) is 42.5 Å². The molecule has 0 spiro atoms. The van der Waals surface area contributed by atoms with Crippen molar-refractivity contribution >= 4 is 10.9 Å². The molecule has 2 aliphatic rings. The molecule has 2 aromatic rings. The number of aromatic nitrogens is 1. The number of fused-ring (bicyclic) bond motifs is 3. The van der Waals surface area contributed by atoms with Crippen molar-refractivity contribution in [3.05, 3.63) is 59.3 Å². The van der Waals surface area contributed by atoms with Gasteiger partial charge in [-0.2, -0.15) is 0 Å². The lowest BCUT2D eigenvalue weighted by Crippen LogP contribution is -2.26. The van der Waals surface area contributed by atoms with Crippen LogP contribution in [0.3, 0.4) is 0 Å². The molecule has 1 aromatic heterocycles. The molecule has 0 radical (unpaired) electrons. The topological polar surface area (TPSA) is 8.17 Å². The van der Waals surface area contributed by atoms with Crippen molar-refractivity contribution < 1.29 is 0 Å². The second kappa shape index (κ2) is 6.60. The first-order chi connectivity index (χ1) is 11.7. The van der Waals surface area contributed by atoms with Crippen LogP contribution >= 0.6 is 0 Å². The lowest BCUT2D eigenvalue weighted by molar-refractivity contribution is 0.255. The third-order valence-electron chi connectivity index (χ3n) is 5.75. The van der Waals surface area contributed by atoms with Crippen LogP contribution in [0, 0.1) is 12.8 Å². The summed E-state index contributed by atoms with van der Waals surface area (Å²) in [5, 5.41) is 1.47. The van der Waals surface area contributed by atoms with Crippen molar-refractivity contribution in [2.75, 3.05) is 13.1 Å². The maximum absolute atomic E-state index is 2.68. The molecular weight excluding hydrogens is 292 g/mol. The third kappa shape index (κ3) is 2.95.